The molecule has 5 rings (SSSR count). The van der Waals surface area contributed by atoms with E-state index in [1.807, 2.05) is 29.2 Å². The fourth-order valence-electron chi connectivity index (χ4n) is 3.76. The maximum atomic E-state index is 13.2. The normalized spacial score (nSPS) is 14.8. The summed E-state index contributed by atoms with van der Waals surface area (Å²) in [5.74, 6) is 2.61. The third-order valence-corrected chi connectivity index (χ3v) is 7.46. The van der Waals surface area contributed by atoms with Gasteiger partial charge in [0, 0.05) is 50.9 Å². The monoisotopic (exact) mass is 477 g/mol. The lowest BCUT2D eigenvalue weighted by molar-refractivity contribution is 0.384. The van der Waals surface area contributed by atoms with Gasteiger partial charge in [0.2, 0.25) is 10.0 Å². The molecule has 0 unspecified atom stereocenters. The number of sulfonamides is 1. The second-order valence-corrected chi connectivity index (χ2v) is 9.71. The zero-order chi connectivity index (χ0) is 23.5. The van der Waals surface area contributed by atoms with Crippen LogP contribution in [0.15, 0.2) is 76.6 Å². The molecule has 0 spiro atoms. The van der Waals surface area contributed by atoms with Crippen molar-refractivity contribution in [2.45, 2.75) is 11.8 Å². The molecule has 1 aromatic carbocycles. The molecule has 11 heteroatoms. The Kier molecular flexibility index (Phi) is 5.95. The Morgan fingerprint density at radius 2 is 1.74 bits per heavy atom. The molecule has 1 saturated heterocycles. The quantitative estimate of drug-likeness (QED) is 0.447. The van der Waals surface area contributed by atoms with E-state index in [2.05, 4.69) is 25.3 Å². The van der Waals surface area contributed by atoms with Crippen molar-refractivity contribution in [1.82, 2.24) is 24.2 Å². The van der Waals surface area contributed by atoms with E-state index >= 15 is 0 Å². The Morgan fingerprint density at radius 3 is 2.41 bits per heavy atom. The third kappa shape index (κ3) is 4.61. The zero-order valence-corrected chi connectivity index (χ0v) is 19.3. The van der Waals surface area contributed by atoms with Crippen LogP contribution in [0.25, 0.3) is 11.3 Å². The number of piperazine rings is 1. The van der Waals surface area contributed by atoms with E-state index in [1.165, 1.54) is 10.6 Å². The summed E-state index contributed by atoms with van der Waals surface area (Å²) < 4.78 is 33.1. The molecule has 4 aromatic rings. The van der Waals surface area contributed by atoms with Crippen molar-refractivity contribution in [1.29, 1.82) is 0 Å². The van der Waals surface area contributed by atoms with Gasteiger partial charge in [-0.25, -0.2) is 28.4 Å². The maximum absolute atomic E-state index is 13.2. The van der Waals surface area contributed by atoms with Crippen LogP contribution < -0.4 is 10.2 Å². The van der Waals surface area contributed by atoms with Crippen LogP contribution >= 0.6 is 0 Å². The van der Waals surface area contributed by atoms with Gasteiger partial charge in [0.1, 0.15) is 35.7 Å². The third-order valence-electron chi connectivity index (χ3n) is 5.54. The Morgan fingerprint density at radius 1 is 0.941 bits per heavy atom. The smallest absolute Gasteiger partial charge is 0.243 e. The van der Waals surface area contributed by atoms with Crippen LogP contribution in [0, 0.1) is 6.92 Å². The van der Waals surface area contributed by atoms with Gasteiger partial charge >= 0.3 is 0 Å². The van der Waals surface area contributed by atoms with E-state index in [-0.39, 0.29) is 4.90 Å². The maximum Gasteiger partial charge on any atom is 0.243 e. The number of pyridine rings is 1. The summed E-state index contributed by atoms with van der Waals surface area (Å²) in [4.78, 5) is 19.4. The molecule has 3 aromatic heterocycles. The number of aromatic nitrogens is 4. The predicted molar refractivity (Wildman–Crippen MR) is 127 cm³/mol. The highest BCUT2D eigenvalue weighted by Crippen LogP contribution is 2.25. The Labute approximate surface area is 197 Å². The molecule has 0 atom stereocenters. The number of hydrogen-bond donors (Lipinski definition) is 1. The van der Waals surface area contributed by atoms with Gasteiger partial charge in [-0.05, 0) is 24.3 Å². The summed E-state index contributed by atoms with van der Waals surface area (Å²) in [6.07, 6.45) is 4.75. The van der Waals surface area contributed by atoms with Crippen molar-refractivity contribution >= 4 is 27.5 Å². The minimum absolute atomic E-state index is 0.258. The van der Waals surface area contributed by atoms with Crippen LogP contribution in [0.2, 0.25) is 0 Å². The summed E-state index contributed by atoms with van der Waals surface area (Å²) in [5, 5.41) is 3.15. The first-order valence-corrected chi connectivity index (χ1v) is 12.2. The van der Waals surface area contributed by atoms with E-state index in [1.54, 1.807) is 43.6 Å². The second kappa shape index (κ2) is 9.20. The van der Waals surface area contributed by atoms with Crippen molar-refractivity contribution in [2.75, 3.05) is 36.4 Å². The number of nitrogens with one attached hydrogen (secondary N) is 1. The van der Waals surface area contributed by atoms with Gasteiger partial charge in [0.25, 0.3) is 0 Å². The van der Waals surface area contributed by atoms with Crippen LogP contribution in [0.5, 0.6) is 0 Å². The topological polar surface area (TPSA) is 117 Å². The van der Waals surface area contributed by atoms with Crippen LogP contribution in [-0.4, -0.2) is 58.8 Å². The molecule has 1 aliphatic rings. The average molecular weight is 478 g/mol. The summed E-state index contributed by atoms with van der Waals surface area (Å²) in [6.45, 7) is 3.53. The molecule has 4 heterocycles. The molecule has 0 amide bonds. The fraction of sp³-hybridized carbons (Fsp3) is 0.217. The van der Waals surface area contributed by atoms with Crippen molar-refractivity contribution in [2.24, 2.45) is 0 Å². The van der Waals surface area contributed by atoms with Gasteiger partial charge in [-0.2, -0.15) is 4.31 Å². The lowest BCUT2D eigenvalue weighted by Crippen LogP contribution is -2.48. The summed E-state index contributed by atoms with van der Waals surface area (Å²) >= 11 is 0. The number of nitrogens with zero attached hydrogens (tertiary/aromatic N) is 6. The minimum atomic E-state index is -3.60. The predicted octanol–water partition coefficient (Wildman–Crippen LogP) is 3.09. The van der Waals surface area contributed by atoms with E-state index < -0.39 is 10.0 Å². The van der Waals surface area contributed by atoms with Gasteiger partial charge in [-0.1, -0.05) is 18.2 Å². The lowest BCUT2D eigenvalue weighted by Gasteiger charge is -2.34. The molecule has 0 bridgehead atoms. The molecular formula is C23H23N7O3S. The first kappa shape index (κ1) is 22.0. The molecule has 0 aliphatic carbocycles. The summed E-state index contributed by atoms with van der Waals surface area (Å²) in [6, 6.07) is 14.1. The summed E-state index contributed by atoms with van der Waals surface area (Å²) in [5.41, 5.74) is 1.48. The number of hydrogen-bond acceptors (Lipinski definition) is 9. The molecule has 174 valence electrons. The van der Waals surface area contributed by atoms with Crippen LogP contribution in [-0.2, 0) is 10.0 Å². The molecule has 10 nitrogen and oxygen atoms in total. The van der Waals surface area contributed by atoms with Crippen LogP contribution in [0.4, 0.5) is 17.5 Å². The Hall–Kier alpha value is -3.83. The first-order chi connectivity index (χ1) is 16.5. The number of aryl methyl sites for hydroxylation is 1. The average Bonchev–Trinajstić information content (AvgIpc) is 3.31. The Balaban J connectivity index is 1.24. The van der Waals surface area contributed by atoms with Crippen molar-refractivity contribution in [3.05, 3.63) is 73.2 Å². The van der Waals surface area contributed by atoms with Gasteiger partial charge in [-0.15, -0.1) is 0 Å². The lowest BCUT2D eigenvalue weighted by atomic mass is 10.2. The van der Waals surface area contributed by atoms with Gasteiger partial charge in [-0.3, -0.25) is 0 Å². The largest absolute Gasteiger partial charge is 0.449 e. The van der Waals surface area contributed by atoms with Crippen molar-refractivity contribution in [3.8, 4) is 11.3 Å². The molecule has 1 N–H and O–H groups in total. The van der Waals surface area contributed by atoms with E-state index in [0.717, 1.165) is 11.4 Å². The van der Waals surface area contributed by atoms with E-state index in [0.29, 0.717) is 49.4 Å². The molecular weight excluding hydrogens is 454 g/mol. The summed E-state index contributed by atoms with van der Waals surface area (Å²) in [7, 11) is -3.60. The molecule has 0 radical (unpaired) electrons. The number of oxazole rings is 1. The van der Waals surface area contributed by atoms with Crippen molar-refractivity contribution in [3.63, 3.8) is 0 Å². The molecule has 1 aliphatic heterocycles. The van der Waals surface area contributed by atoms with Gasteiger partial charge in [0.05, 0.1) is 4.90 Å². The van der Waals surface area contributed by atoms with E-state index in [9.17, 15) is 8.42 Å². The number of rotatable bonds is 6. The van der Waals surface area contributed by atoms with E-state index in [4.69, 9.17) is 4.42 Å². The molecule has 34 heavy (non-hydrogen) atoms. The van der Waals surface area contributed by atoms with Gasteiger partial charge in [0.15, 0.2) is 5.89 Å². The van der Waals surface area contributed by atoms with Gasteiger partial charge < -0.3 is 14.6 Å². The first-order valence-electron chi connectivity index (χ1n) is 10.8. The molecule has 1 fully saturated rings. The Bertz CT molecular complexity index is 1370. The molecule has 0 saturated carbocycles. The highest BCUT2D eigenvalue weighted by Gasteiger charge is 2.29. The minimum Gasteiger partial charge on any atom is -0.449 e. The van der Waals surface area contributed by atoms with Crippen LogP contribution in [0.1, 0.15) is 5.89 Å². The fourth-order valence-corrected chi connectivity index (χ4v) is 5.18. The number of anilines is 3. The SMILES string of the molecule is Cc1nc(-c2ccc(S(=O)(=O)N3CCN(c4cc(Nc5ccccn5)ncn4)CC3)cc2)co1. The zero-order valence-electron chi connectivity index (χ0n) is 18.5. The van der Waals surface area contributed by atoms with Crippen molar-refractivity contribution < 1.29 is 12.8 Å². The number of benzene rings is 1. The highest BCUT2D eigenvalue weighted by molar-refractivity contribution is 7.89. The standard InChI is InChI=1S/C23H23N7O3S/c1-17-27-20(15-33-17)18-5-7-19(8-6-18)34(31,32)30-12-10-29(11-13-30)23-14-22(25-16-26-23)28-21-4-2-3-9-24-21/h2-9,14-16H,10-13H2,1H3,(H,24,25,26,28). The van der Waals surface area contributed by atoms with Crippen LogP contribution in [0.3, 0.4) is 0 Å². The second-order valence-electron chi connectivity index (χ2n) is 7.77. The highest BCUT2D eigenvalue weighted by atomic mass is 32.2.